The Labute approximate surface area is 118 Å². The Balaban J connectivity index is 2.86. The molecule has 0 aliphatic rings. The Hall–Kier alpha value is -2.31. The van der Waals surface area contributed by atoms with Gasteiger partial charge in [-0.25, -0.2) is 0 Å². The Morgan fingerprint density at radius 2 is 2.10 bits per heavy atom. The predicted octanol–water partition coefficient (Wildman–Crippen LogP) is 1.60. The van der Waals surface area contributed by atoms with Crippen LogP contribution in [0.3, 0.4) is 0 Å². The quantitative estimate of drug-likeness (QED) is 0.585. The first kappa shape index (κ1) is 15.7. The summed E-state index contributed by atoms with van der Waals surface area (Å²) in [5, 5.41) is 16.5. The molecule has 1 rings (SSSR count). The van der Waals surface area contributed by atoms with Crippen LogP contribution in [0.25, 0.3) is 0 Å². The molecule has 0 saturated heterocycles. The van der Waals surface area contributed by atoms with Gasteiger partial charge in [0.1, 0.15) is 0 Å². The molecule has 0 atom stereocenters. The molecule has 1 amide bonds. The van der Waals surface area contributed by atoms with E-state index in [-0.39, 0.29) is 18.1 Å². The van der Waals surface area contributed by atoms with E-state index in [1.54, 1.807) is 25.1 Å². The molecule has 110 valence electrons. The summed E-state index contributed by atoms with van der Waals surface area (Å²) in [5.41, 5.74) is 1.25. The number of non-ortho nitro benzene ring substituents is 1. The summed E-state index contributed by atoms with van der Waals surface area (Å²) < 4.78 is 0. The van der Waals surface area contributed by atoms with Gasteiger partial charge < -0.3 is 15.5 Å². The molecule has 0 aliphatic carbocycles. The van der Waals surface area contributed by atoms with Gasteiger partial charge in [-0.15, -0.1) is 0 Å². The second-order valence-corrected chi connectivity index (χ2v) is 4.45. The van der Waals surface area contributed by atoms with Crippen molar-refractivity contribution in [1.82, 2.24) is 5.32 Å². The molecular formula is C13H20N4O3. The number of nitro groups is 1. The molecule has 2 N–H and O–H groups in total. The molecule has 0 aromatic heterocycles. The van der Waals surface area contributed by atoms with Crippen LogP contribution in [0.5, 0.6) is 0 Å². The maximum absolute atomic E-state index is 11.7. The van der Waals surface area contributed by atoms with Crippen LogP contribution < -0.4 is 15.5 Å². The van der Waals surface area contributed by atoms with Crippen molar-refractivity contribution in [3.05, 3.63) is 28.3 Å². The van der Waals surface area contributed by atoms with Gasteiger partial charge in [0.15, 0.2) is 0 Å². The number of nitrogens with one attached hydrogen (secondary N) is 2. The molecule has 20 heavy (non-hydrogen) atoms. The fourth-order valence-corrected chi connectivity index (χ4v) is 1.69. The topological polar surface area (TPSA) is 87.5 Å². The number of anilines is 2. The maximum Gasteiger partial charge on any atom is 0.273 e. The third kappa shape index (κ3) is 4.42. The summed E-state index contributed by atoms with van der Waals surface area (Å²) in [4.78, 5) is 23.8. The van der Waals surface area contributed by atoms with Crippen LogP contribution in [0.15, 0.2) is 18.2 Å². The van der Waals surface area contributed by atoms with Gasteiger partial charge in [-0.05, 0) is 12.5 Å². The lowest BCUT2D eigenvalue weighted by Gasteiger charge is -2.19. The van der Waals surface area contributed by atoms with Gasteiger partial charge in [-0.1, -0.05) is 6.92 Å². The molecule has 0 bridgehead atoms. The fraction of sp³-hybridized carbons (Fsp3) is 0.462. The number of likely N-dealkylation sites (N-methyl/N-ethyl adjacent to an activating group) is 1. The highest BCUT2D eigenvalue weighted by Crippen LogP contribution is 2.26. The van der Waals surface area contributed by atoms with Gasteiger partial charge in [0, 0.05) is 44.1 Å². The van der Waals surface area contributed by atoms with E-state index < -0.39 is 4.92 Å². The molecule has 0 aliphatic heterocycles. The lowest BCUT2D eigenvalue weighted by atomic mass is 10.2. The highest BCUT2D eigenvalue weighted by molar-refractivity contribution is 5.81. The van der Waals surface area contributed by atoms with Crippen LogP contribution >= 0.6 is 0 Å². The number of hydrogen-bond acceptors (Lipinski definition) is 5. The Kier molecular flexibility index (Phi) is 5.76. The average Bonchev–Trinajstić information content (AvgIpc) is 2.44. The van der Waals surface area contributed by atoms with Crippen molar-refractivity contribution in [1.29, 1.82) is 0 Å². The van der Waals surface area contributed by atoms with E-state index in [2.05, 4.69) is 10.6 Å². The molecule has 1 aromatic rings. The molecule has 7 nitrogen and oxygen atoms in total. The Bertz CT molecular complexity index is 491. The van der Waals surface area contributed by atoms with E-state index in [1.807, 2.05) is 6.92 Å². The van der Waals surface area contributed by atoms with Crippen molar-refractivity contribution in [2.45, 2.75) is 13.3 Å². The summed E-state index contributed by atoms with van der Waals surface area (Å²) in [6.45, 7) is 2.76. The van der Waals surface area contributed by atoms with E-state index in [9.17, 15) is 14.9 Å². The van der Waals surface area contributed by atoms with Crippen LogP contribution in [0.1, 0.15) is 13.3 Å². The summed E-state index contributed by atoms with van der Waals surface area (Å²) in [5.74, 6) is -0.105. The molecule has 0 heterocycles. The average molecular weight is 280 g/mol. The summed E-state index contributed by atoms with van der Waals surface area (Å²) in [6.07, 6.45) is 0.871. The second kappa shape index (κ2) is 7.32. The van der Waals surface area contributed by atoms with E-state index in [0.717, 1.165) is 6.42 Å². The van der Waals surface area contributed by atoms with Crippen molar-refractivity contribution in [3.8, 4) is 0 Å². The smallest absolute Gasteiger partial charge is 0.273 e. The lowest BCUT2D eigenvalue weighted by molar-refractivity contribution is -0.384. The van der Waals surface area contributed by atoms with Crippen LogP contribution in [0.4, 0.5) is 17.1 Å². The van der Waals surface area contributed by atoms with Crippen LogP contribution in [-0.4, -0.2) is 38.0 Å². The van der Waals surface area contributed by atoms with Crippen molar-refractivity contribution >= 4 is 23.0 Å². The third-order valence-electron chi connectivity index (χ3n) is 2.80. The minimum absolute atomic E-state index is 0.00679. The zero-order valence-corrected chi connectivity index (χ0v) is 12.0. The first-order valence-electron chi connectivity index (χ1n) is 6.43. The van der Waals surface area contributed by atoms with Crippen molar-refractivity contribution in [2.75, 3.05) is 37.4 Å². The predicted molar refractivity (Wildman–Crippen MR) is 79.2 cm³/mol. The maximum atomic E-state index is 11.7. The summed E-state index contributed by atoms with van der Waals surface area (Å²) in [7, 11) is 3.42. The fourth-order valence-electron chi connectivity index (χ4n) is 1.69. The van der Waals surface area contributed by atoms with E-state index in [0.29, 0.717) is 17.9 Å². The van der Waals surface area contributed by atoms with Crippen LogP contribution in [0, 0.1) is 10.1 Å². The lowest BCUT2D eigenvalue weighted by Crippen LogP contribution is -2.35. The van der Waals surface area contributed by atoms with Crippen molar-refractivity contribution in [2.24, 2.45) is 0 Å². The van der Waals surface area contributed by atoms with E-state index in [4.69, 9.17) is 0 Å². The van der Waals surface area contributed by atoms with Gasteiger partial charge >= 0.3 is 0 Å². The molecular weight excluding hydrogens is 260 g/mol. The monoisotopic (exact) mass is 280 g/mol. The number of carbonyl (C=O) groups is 1. The highest BCUT2D eigenvalue weighted by Gasteiger charge is 2.13. The standard InChI is InChI=1S/C13H20N4O3/c1-4-5-15-13(18)9-16(3)11-6-10(14-2)7-12(8-11)17(19)20/h6-8,14H,4-5,9H2,1-3H3,(H,15,18). The number of benzene rings is 1. The Morgan fingerprint density at radius 3 is 2.65 bits per heavy atom. The van der Waals surface area contributed by atoms with Gasteiger partial charge in [-0.3, -0.25) is 14.9 Å². The Morgan fingerprint density at radius 1 is 1.40 bits per heavy atom. The normalized spacial score (nSPS) is 9.95. The van der Waals surface area contributed by atoms with Crippen molar-refractivity contribution in [3.63, 3.8) is 0 Å². The number of nitrogens with zero attached hydrogens (tertiary/aromatic N) is 2. The van der Waals surface area contributed by atoms with Crippen LogP contribution in [0.2, 0.25) is 0 Å². The molecule has 7 heteroatoms. The molecule has 0 radical (unpaired) electrons. The largest absolute Gasteiger partial charge is 0.388 e. The number of amides is 1. The zero-order valence-electron chi connectivity index (χ0n) is 12.0. The molecule has 0 unspecified atom stereocenters. The van der Waals surface area contributed by atoms with Gasteiger partial charge in [-0.2, -0.15) is 0 Å². The zero-order chi connectivity index (χ0) is 15.1. The minimum atomic E-state index is -0.449. The van der Waals surface area contributed by atoms with E-state index in [1.165, 1.54) is 12.1 Å². The highest BCUT2D eigenvalue weighted by atomic mass is 16.6. The SMILES string of the molecule is CCCNC(=O)CN(C)c1cc(NC)cc([N+](=O)[O-])c1. The van der Waals surface area contributed by atoms with Crippen molar-refractivity contribution < 1.29 is 9.72 Å². The second-order valence-electron chi connectivity index (χ2n) is 4.45. The van der Waals surface area contributed by atoms with Gasteiger partial charge in [0.2, 0.25) is 5.91 Å². The number of rotatable bonds is 7. The van der Waals surface area contributed by atoms with Gasteiger partial charge in [0.25, 0.3) is 5.69 Å². The van der Waals surface area contributed by atoms with Crippen LogP contribution in [-0.2, 0) is 4.79 Å². The number of nitro benzene ring substituents is 1. The molecule has 0 spiro atoms. The van der Waals surface area contributed by atoms with E-state index >= 15 is 0 Å². The first-order valence-corrected chi connectivity index (χ1v) is 6.43. The first-order chi connectivity index (χ1) is 9.47. The number of hydrogen-bond donors (Lipinski definition) is 2. The molecule has 0 fully saturated rings. The molecule has 1 aromatic carbocycles. The number of carbonyl (C=O) groups excluding carboxylic acids is 1. The third-order valence-corrected chi connectivity index (χ3v) is 2.80. The summed E-state index contributed by atoms with van der Waals surface area (Å²) in [6, 6.07) is 4.67. The minimum Gasteiger partial charge on any atom is -0.388 e. The molecule has 0 saturated carbocycles. The van der Waals surface area contributed by atoms with Gasteiger partial charge in [0.05, 0.1) is 11.5 Å². The summed E-state index contributed by atoms with van der Waals surface area (Å²) >= 11 is 0.